The molecule has 0 saturated heterocycles. The number of rotatable bonds is 8. The summed E-state index contributed by atoms with van der Waals surface area (Å²) in [5.74, 6) is 1.46. The fourth-order valence-corrected chi connectivity index (χ4v) is 5.05. The van der Waals surface area contributed by atoms with Gasteiger partial charge in [-0.2, -0.15) is 5.10 Å². The standard InChI is InChI=1S/C27H33N5OS/c1-19(2)22-15-11-21(12-16-22)17-28-29-25(33)18-34-27-31-30-26(23-13-9-20(3)10-14-23)32(27)24-7-5-4-6-8-24/h9-17,19,24H,4-8,18H2,1-3H3,(H,29,33)/b28-17+. The Morgan fingerprint density at radius 1 is 1.09 bits per heavy atom. The number of amides is 1. The number of hydrogen-bond donors (Lipinski definition) is 1. The first-order chi connectivity index (χ1) is 16.5. The van der Waals surface area contributed by atoms with Crippen LogP contribution in [0.15, 0.2) is 58.8 Å². The van der Waals surface area contributed by atoms with Gasteiger partial charge in [0.05, 0.1) is 12.0 Å². The summed E-state index contributed by atoms with van der Waals surface area (Å²) in [5.41, 5.74) is 7.15. The highest BCUT2D eigenvalue weighted by atomic mass is 32.2. The summed E-state index contributed by atoms with van der Waals surface area (Å²) in [6.45, 7) is 6.41. The summed E-state index contributed by atoms with van der Waals surface area (Å²) in [6, 6.07) is 17.0. The summed E-state index contributed by atoms with van der Waals surface area (Å²) in [6.07, 6.45) is 7.63. The van der Waals surface area contributed by atoms with E-state index in [1.165, 1.54) is 42.2 Å². The van der Waals surface area contributed by atoms with E-state index in [9.17, 15) is 4.79 Å². The number of nitrogens with zero attached hydrogens (tertiary/aromatic N) is 4. The molecule has 1 heterocycles. The van der Waals surface area contributed by atoms with Crippen LogP contribution < -0.4 is 5.43 Å². The number of carbonyl (C=O) groups is 1. The van der Waals surface area contributed by atoms with Crippen molar-refractivity contribution in [2.45, 2.75) is 70.0 Å². The van der Waals surface area contributed by atoms with Gasteiger partial charge in [-0.25, -0.2) is 5.43 Å². The summed E-state index contributed by atoms with van der Waals surface area (Å²) < 4.78 is 2.25. The molecule has 1 fully saturated rings. The number of carbonyl (C=O) groups excluding carboxylic acids is 1. The van der Waals surface area contributed by atoms with Gasteiger partial charge in [0.2, 0.25) is 0 Å². The molecule has 1 saturated carbocycles. The third-order valence-corrected chi connectivity index (χ3v) is 7.20. The minimum atomic E-state index is -0.157. The van der Waals surface area contributed by atoms with Crippen LogP contribution in [0, 0.1) is 6.92 Å². The zero-order valence-electron chi connectivity index (χ0n) is 20.2. The van der Waals surface area contributed by atoms with Crippen molar-refractivity contribution in [3.8, 4) is 11.4 Å². The van der Waals surface area contributed by atoms with Gasteiger partial charge in [-0.15, -0.1) is 10.2 Å². The summed E-state index contributed by atoms with van der Waals surface area (Å²) in [5, 5.41) is 13.9. The maximum atomic E-state index is 12.4. The van der Waals surface area contributed by atoms with Gasteiger partial charge in [0.1, 0.15) is 0 Å². The Bertz CT molecular complexity index is 1110. The van der Waals surface area contributed by atoms with Crippen LogP contribution in [0.2, 0.25) is 0 Å². The maximum absolute atomic E-state index is 12.4. The van der Waals surface area contributed by atoms with E-state index in [-0.39, 0.29) is 11.7 Å². The molecule has 1 aliphatic rings. The summed E-state index contributed by atoms with van der Waals surface area (Å²) in [7, 11) is 0. The zero-order valence-corrected chi connectivity index (χ0v) is 21.0. The Morgan fingerprint density at radius 2 is 1.79 bits per heavy atom. The van der Waals surface area contributed by atoms with Crippen molar-refractivity contribution in [2.24, 2.45) is 5.10 Å². The Hall–Kier alpha value is -2.93. The van der Waals surface area contributed by atoms with Crippen LogP contribution in [0.5, 0.6) is 0 Å². The van der Waals surface area contributed by atoms with Gasteiger partial charge in [-0.1, -0.05) is 99.0 Å². The Morgan fingerprint density at radius 3 is 2.47 bits per heavy atom. The third kappa shape index (κ3) is 6.14. The number of nitrogens with one attached hydrogen (secondary N) is 1. The monoisotopic (exact) mass is 475 g/mol. The average Bonchev–Trinajstić information content (AvgIpc) is 3.28. The van der Waals surface area contributed by atoms with Crippen LogP contribution in [0.25, 0.3) is 11.4 Å². The molecule has 0 spiro atoms. The first-order valence-electron chi connectivity index (χ1n) is 12.1. The van der Waals surface area contributed by atoms with E-state index in [0.717, 1.165) is 34.9 Å². The smallest absolute Gasteiger partial charge is 0.250 e. The fourth-order valence-electron chi connectivity index (χ4n) is 4.25. The van der Waals surface area contributed by atoms with Crippen molar-refractivity contribution in [2.75, 3.05) is 5.75 Å². The van der Waals surface area contributed by atoms with Crippen molar-refractivity contribution < 1.29 is 4.79 Å². The Kier molecular flexibility index (Phi) is 8.16. The molecule has 0 atom stereocenters. The van der Waals surface area contributed by atoms with Gasteiger partial charge in [0.25, 0.3) is 5.91 Å². The highest BCUT2D eigenvalue weighted by Gasteiger charge is 2.24. The molecule has 0 radical (unpaired) electrons. The van der Waals surface area contributed by atoms with Crippen LogP contribution in [0.3, 0.4) is 0 Å². The predicted octanol–water partition coefficient (Wildman–Crippen LogP) is 6.12. The average molecular weight is 476 g/mol. The molecule has 0 unspecified atom stereocenters. The Labute approximate surface area is 206 Å². The van der Waals surface area contributed by atoms with E-state index in [2.05, 4.69) is 82.5 Å². The molecule has 1 aliphatic carbocycles. The van der Waals surface area contributed by atoms with Crippen LogP contribution in [-0.4, -0.2) is 32.6 Å². The molecule has 178 valence electrons. The first-order valence-corrected chi connectivity index (χ1v) is 13.1. The second kappa shape index (κ2) is 11.5. The molecular formula is C27H33N5OS. The molecule has 1 N–H and O–H groups in total. The van der Waals surface area contributed by atoms with Crippen LogP contribution in [-0.2, 0) is 4.79 Å². The number of benzene rings is 2. The zero-order chi connectivity index (χ0) is 23.9. The topological polar surface area (TPSA) is 72.2 Å². The molecule has 1 aromatic heterocycles. The quantitative estimate of drug-likeness (QED) is 0.242. The van der Waals surface area contributed by atoms with Gasteiger partial charge in [0, 0.05) is 11.6 Å². The molecule has 2 aromatic carbocycles. The number of aryl methyl sites for hydroxylation is 1. The minimum absolute atomic E-state index is 0.157. The van der Waals surface area contributed by atoms with Crippen molar-refractivity contribution in [3.05, 3.63) is 65.2 Å². The van der Waals surface area contributed by atoms with E-state index in [1.54, 1.807) is 6.21 Å². The SMILES string of the molecule is Cc1ccc(-c2nnc(SCC(=O)N/N=C/c3ccc(C(C)C)cc3)n2C2CCCCC2)cc1. The maximum Gasteiger partial charge on any atom is 0.250 e. The molecule has 1 amide bonds. The Balaban J connectivity index is 1.41. The van der Waals surface area contributed by atoms with Gasteiger partial charge < -0.3 is 0 Å². The van der Waals surface area contributed by atoms with Crippen molar-refractivity contribution >= 4 is 23.9 Å². The van der Waals surface area contributed by atoms with Crippen molar-refractivity contribution in [1.29, 1.82) is 0 Å². The lowest BCUT2D eigenvalue weighted by atomic mass is 9.95. The molecule has 4 rings (SSSR count). The van der Waals surface area contributed by atoms with Crippen LogP contribution in [0.4, 0.5) is 0 Å². The van der Waals surface area contributed by atoms with Gasteiger partial charge in [-0.3, -0.25) is 9.36 Å². The third-order valence-electron chi connectivity index (χ3n) is 6.25. The van der Waals surface area contributed by atoms with E-state index < -0.39 is 0 Å². The molecule has 0 bridgehead atoms. The van der Waals surface area contributed by atoms with Gasteiger partial charge in [0.15, 0.2) is 11.0 Å². The first kappa shape index (κ1) is 24.2. The van der Waals surface area contributed by atoms with E-state index in [4.69, 9.17) is 0 Å². The molecule has 3 aromatic rings. The second-order valence-electron chi connectivity index (χ2n) is 9.24. The highest BCUT2D eigenvalue weighted by Crippen LogP contribution is 2.35. The molecule has 34 heavy (non-hydrogen) atoms. The van der Waals surface area contributed by atoms with E-state index in [0.29, 0.717) is 12.0 Å². The van der Waals surface area contributed by atoms with Crippen molar-refractivity contribution in [3.63, 3.8) is 0 Å². The number of hydrogen-bond acceptors (Lipinski definition) is 5. The number of thioether (sulfide) groups is 1. The highest BCUT2D eigenvalue weighted by molar-refractivity contribution is 7.99. The lowest BCUT2D eigenvalue weighted by Crippen LogP contribution is -2.20. The second-order valence-corrected chi connectivity index (χ2v) is 10.2. The van der Waals surface area contributed by atoms with Gasteiger partial charge in [-0.05, 0) is 36.8 Å². The van der Waals surface area contributed by atoms with Gasteiger partial charge >= 0.3 is 0 Å². The predicted molar refractivity (Wildman–Crippen MR) is 139 cm³/mol. The minimum Gasteiger partial charge on any atom is -0.299 e. The number of hydrazone groups is 1. The van der Waals surface area contributed by atoms with Crippen molar-refractivity contribution in [1.82, 2.24) is 20.2 Å². The normalized spacial score (nSPS) is 14.7. The molecule has 0 aliphatic heterocycles. The molecule has 6 nitrogen and oxygen atoms in total. The molecular weight excluding hydrogens is 442 g/mol. The van der Waals surface area contributed by atoms with E-state index >= 15 is 0 Å². The fraction of sp³-hybridized carbons (Fsp3) is 0.407. The number of aromatic nitrogens is 3. The van der Waals surface area contributed by atoms with Crippen LogP contribution >= 0.6 is 11.8 Å². The van der Waals surface area contributed by atoms with Crippen LogP contribution in [0.1, 0.15) is 74.6 Å². The summed E-state index contributed by atoms with van der Waals surface area (Å²) in [4.78, 5) is 12.4. The molecule has 7 heteroatoms. The summed E-state index contributed by atoms with van der Waals surface area (Å²) >= 11 is 1.42. The largest absolute Gasteiger partial charge is 0.299 e. The van der Waals surface area contributed by atoms with E-state index in [1.807, 2.05) is 12.1 Å². The lowest BCUT2D eigenvalue weighted by Gasteiger charge is -2.25. The lowest BCUT2D eigenvalue weighted by molar-refractivity contribution is -0.118.